The smallest absolute Gasteiger partial charge is 0.118 e. The van der Waals surface area contributed by atoms with E-state index in [2.05, 4.69) is 69.6 Å². The molecule has 1 aromatic heterocycles. The van der Waals surface area contributed by atoms with Crippen molar-refractivity contribution in [2.24, 2.45) is 0 Å². The Morgan fingerprint density at radius 3 is 2.52 bits per heavy atom. The number of furan rings is 1. The minimum atomic E-state index is 0.721. The maximum atomic E-state index is 5.88. The molecule has 0 atom stereocenters. The van der Waals surface area contributed by atoms with Crippen LogP contribution < -0.4 is 5.32 Å². The Morgan fingerprint density at radius 1 is 1.10 bits per heavy atom. The molecule has 3 rings (SSSR count). The van der Waals surface area contributed by atoms with Gasteiger partial charge in [0, 0.05) is 17.1 Å². The third-order valence-corrected chi connectivity index (χ3v) is 4.18. The maximum absolute atomic E-state index is 5.88. The number of hydrogen-bond acceptors (Lipinski definition) is 3. The van der Waals surface area contributed by atoms with E-state index < -0.39 is 0 Å². The number of benzene rings is 1. The summed E-state index contributed by atoms with van der Waals surface area (Å²) in [7, 11) is 2.12. The van der Waals surface area contributed by atoms with Crippen LogP contribution in [-0.4, -0.2) is 18.0 Å². The van der Waals surface area contributed by atoms with Crippen LogP contribution >= 0.6 is 15.9 Å². The third kappa shape index (κ3) is 4.70. The number of halogens is 1. The number of nitrogens with zero attached hydrogens (tertiary/aromatic N) is 1. The van der Waals surface area contributed by atoms with Gasteiger partial charge in [-0.1, -0.05) is 28.1 Å². The molecule has 1 heterocycles. The fraction of sp³-hybridized carbons (Fsp3) is 0.412. The molecule has 1 N–H and O–H groups in total. The Morgan fingerprint density at radius 2 is 1.81 bits per heavy atom. The van der Waals surface area contributed by atoms with Crippen molar-refractivity contribution in [3.8, 4) is 0 Å². The summed E-state index contributed by atoms with van der Waals surface area (Å²) in [5.74, 6) is 2.07. The van der Waals surface area contributed by atoms with Gasteiger partial charge in [0.25, 0.3) is 0 Å². The second-order valence-electron chi connectivity index (χ2n) is 5.82. The summed E-state index contributed by atoms with van der Waals surface area (Å²) >= 11 is 3.46. The van der Waals surface area contributed by atoms with E-state index in [1.54, 1.807) is 0 Å². The Labute approximate surface area is 134 Å². The maximum Gasteiger partial charge on any atom is 0.118 e. The van der Waals surface area contributed by atoms with Gasteiger partial charge < -0.3 is 9.73 Å². The van der Waals surface area contributed by atoms with Crippen LogP contribution in [0.15, 0.2) is 45.3 Å². The van der Waals surface area contributed by atoms with Crippen LogP contribution in [0.5, 0.6) is 0 Å². The van der Waals surface area contributed by atoms with E-state index >= 15 is 0 Å². The standard InChI is InChI=1S/C17H21BrN2O/c1-20(11-13-2-4-14(18)5-3-13)12-17-9-8-16(21-17)10-19-15-6-7-15/h2-5,8-9,15,19H,6-7,10-12H2,1H3. The van der Waals surface area contributed by atoms with E-state index in [0.717, 1.165) is 41.7 Å². The first-order chi connectivity index (χ1) is 10.2. The summed E-state index contributed by atoms with van der Waals surface area (Å²) in [4.78, 5) is 2.26. The topological polar surface area (TPSA) is 28.4 Å². The first-order valence-corrected chi connectivity index (χ1v) is 8.22. The van der Waals surface area contributed by atoms with Gasteiger partial charge in [0.05, 0.1) is 13.1 Å². The molecule has 0 bridgehead atoms. The van der Waals surface area contributed by atoms with Crippen molar-refractivity contribution in [3.05, 3.63) is 58.0 Å². The van der Waals surface area contributed by atoms with Gasteiger partial charge >= 0.3 is 0 Å². The molecule has 1 saturated carbocycles. The van der Waals surface area contributed by atoms with Crippen LogP contribution in [0.2, 0.25) is 0 Å². The molecular formula is C17H21BrN2O. The highest BCUT2D eigenvalue weighted by Crippen LogP contribution is 2.20. The molecule has 21 heavy (non-hydrogen) atoms. The van der Waals surface area contributed by atoms with Gasteiger partial charge in [-0.15, -0.1) is 0 Å². The monoisotopic (exact) mass is 348 g/mol. The van der Waals surface area contributed by atoms with Gasteiger partial charge in [-0.2, -0.15) is 0 Å². The van der Waals surface area contributed by atoms with Gasteiger partial charge in [-0.25, -0.2) is 0 Å². The molecule has 0 radical (unpaired) electrons. The minimum absolute atomic E-state index is 0.721. The van der Waals surface area contributed by atoms with Crippen molar-refractivity contribution >= 4 is 15.9 Å². The van der Waals surface area contributed by atoms with Crippen molar-refractivity contribution in [3.63, 3.8) is 0 Å². The average Bonchev–Trinajstić information content (AvgIpc) is 3.19. The third-order valence-electron chi connectivity index (χ3n) is 3.65. The zero-order chi connectivity index (χ0) is 14.7. The molecule has 0 unspecified atom stereocenters. The first-order valence-electron chi connectivity index (χ1n) is 7.43. The first kappa shape index (κ1) is 14.8. The van der Waals surface area contributed by atoms with Gasteiger partial charge in [0.1, 0.15) is 11.5 Å². The Kier molecular flexibility index (Phi) is 4.78. The Balaban J connectivity index is 1.49. The molecule has 1 aliphatic rings. The predicted molar refractivity (Wildman–Crippen MR) is 87.9 cm³/mol. The molecule has 4 heteroatoms. The van der Waals surface area contributed by atoms with Gasteiger partial charge in [-0.3, -0.25) is 4.90 Å². The predicted octanol–water partition coefficient (Wildman–Crippen LogP) is 3.93. The lowest BCUT2D eigenvalue weighted by atomic mass is 10.2. The molecule has 2 aromatic rings. The summed E-state index contributed by atoms with van der Waals surface area (Å²) in [6.45, 7) is 2.60. The lowest BCUT2D eigenvalue weighted by Gasteiger charge is -2.15. The molecule has 0 aliphatic heterocycles. The summed E-state index contributed by atoms with van der Waals surface area (Å²) in [6.07, 6.45) is 2.62. The van der Waals surface area contributed by atoms with Crippen LogP contribution in [0.3, 0.4) is 0 Å². The van der Waals surface area contributed by atoms with Gasteiger partial charge in [0.15, 0.2) is 0 Å². The highest BCUT2D eigenvalue weighted by atomic mass is 79.9. The molecule has 3 nitrogen and oxygen atoms in total. The molecule has 1 aromatic carbocycles. The van der Waals surface area contributed by atoms with Crippen molar-refractivity contribution in [1.29, 1.82) is 0 Å². The second-order valence-corrected chi connectivity index (χ2v) is 6.74. The van der Waals surface area contributed by atoms with Gasteiger partial charge in [0.2, 0.25) is 0 Å². The molecule has 0 amide bonds. The molecule has 1 fully saturated rings. The number of rotatable bonds is 7. The number of hydrogen-bond donors (Lipinski definition) is 1. The summed E-state index contributed by atoms with van der Waals surface area (Å²) < 4.78 is 7.00. The zero-order valence-electron chi connectivity index (χ0n) is 12.3. The summed E-state index contributed by atoms with van der Waals surface area (Å²) in [5.41, 5.74) is 1.31. The highest BCUT2D eigenvalue weighted by Gasteiger charge is 2.20. The SMILES string of the molecule is CN(Cc1ccc(Br)cc1)Cc1ccc(CNC2CC2)o1. The Hall–Kier alpha value is -1.10. The van der Waals surface area contributed by atoms with Crippen molar-refractivity contribution in [1.82, 2.24) is 10.2 Å². The molecular weight excluding hydrogens is 328 g/mol. The molecule has 0 spiro atoms. The molecule has 0 saturated heterocycles. The van der Waals surface area contributed by atoms with Crippen LogP contribution in [0.4, 0.5) is 0 Å². The highest BCUT2D eigenvalue weighted by molar-refractivity contribution is 9.10. The van der Waals surface area contributed by atoms with Crippen LogP contribution in [0.1, 0.15) is 29.9 Å². The van der Waals surface area contributed by atoms with E-state index in [4.69, 9.17) is 4.42 Å². The van der Waals surface area contributed by atoms with E-state index in [0.29, 0.717) is 0 Å². The van der Waals surface area contributed by atoms with Crippen molar-refractivity contribution in [2.45, 2.75) is 38.5 Å². The van der Waals surface area contributed by atoms with Gasteiger partial charge in [-0.05, 0) is 49.7 Å². The minimum Gasteiger partial charge on any atom is -0.463 e. The van der Waals surface area contributed by atoms with E-state index in [9.17, 15) is 0 Å². The van der Waals surface area contributed by atoms with Crippen LogP contribution in [0, 0.1) is 0 Å². The normalized spacial score (nSPS) is 14.8. The Bertz CT molecular complexity index is 575. The van der Waals surface area contributed by atoms with E-state index in [-0.39, 0.29) is 0 Å². The number of nitrogens with one attached hydrogen (secondary N) is 1. The van der Waals surface area contributed by atoms with Crippen molar-refractivity contribution in [2.75, 3.05) is 7.05 Å². The molecule has 1 aliphatic carbocycles. The largest absolute Gasteiger partial charge is 0.463 e. The molecule has 112 valence electrons. The fourth-order valence-electron chi connectivity index (χ4n) is 2.36. The summed E-state index contributed by atoms with van der Waals surface area (Å²) in [6, 6.07) is 13.3. The second kappa shape index (κ2) is 6.77. The zero-order valence-corrected chi connectivity index (χ0v) is 13.9. The van der Waals surface area contributed by atoms with Crippen molar-refractivity contribution < 1.29 is 4.42 Å². The average molecular weight is 349 g/mol. The fourth-order valence-corrected chi connectivity index (χ4v) is 2.62. The lowest BCUT2D eigenvalue weighted by Crippen LogP contribution is -2.17. The van der Waals surface area contributed by atoms with Crippen LogP contribution in [-0.2, 0) is 19.6 Å². The lowest BCUT2D eigenvalue weighted by molar-refractivity contribution is 0.282. The quantitative estimate of drug-likeness (QED) is 0.821. The summed E-state index contributed by atoms with van der Waals surface area (Å²) in [5, 5.41) is 3.47. The van der Waals surface area contributed by atoms with Crippen LogP contribution in [0.25, 0.3) is 0 Å². The van der Waals surface area contributed by atoms with E-state index in [1.807, 2.05) is 0 Å². The van der Waals surface area contributed by atoms with E-state index in [1.165, 1.54) is 18.4 Å².